The largest absolute Gasteiger partial charge is 0.491 e. The Balaban J connectivity index is 1.38. The zero-order valence-electron chi connectivity index (χ0n) is 19.2. The molecule has 0 radical (unpaired) electrons. The number of oxazole rings is 1. The van der Waals surface area contributed by atoms with Crippen molar-refractivity contribution in [2.45, 2.75) is 0 Å². The first-order chi connectivity index (χ1) is 18.2. The molecular weight excluding hydrogens is 546 g/mol. The molecule has 1 heterocycles. The molecule has 0 aliphatic rings. The summed E-state index contributed by atoms with van der Waals surface area (Å²) in [5, 5.41) is 6.52. The van der Waals surface area contributed by atoms with E-state index in [4.69, 9.17) is 28.2 Å². The van der Waals surface area contributed by atoms with Gasteiger partial charge in [0.2, 0.25) is 17.5 Å². The fourth-order valence-corrected chi connectivity index (χ4v) is 4.34. The zero-order valence-corrected chi connectivity index (χ0v) is 20.7. The number of aromatic nitrogens is 1. The molecule has 1 amide bonds. The van der Waals surface area contributed by atoms with Crippen molar-refractivity contribution in [1.29, 1.82) is 0 Å². The van der Waals surface area contributed by atoms with Crippen molar-refractivity contribution in [1.82, 2.24) is 10.3 Å². The Morgan fingerprint density at radius 1 is 0.974 bits per heavy atom. The minimum absolute atomic E-state index is 0.343. The number of thiocarbonyl (C=S) groups is 1. The van der Waals surface area contributed by atoms with Crippen LogP contribution in [-0.2, 0) is 0 Å². The number of anilines is 1. The van der Waals surface area contributed by atoms with E-state index in [2.05, 4.69) is 15.0 Å². The minimum Gasteiger partial charge on any atom is -0.491 e. The van der Waals surface area contributed by atoms with Crippen LogP contribution in [0.5, 0.6) is 5.75 Å². The Bertz CT molecular complexity index is 1750. The van der Waals surface area contributed by atoms with E-state index < -0.39 is 45.6 Å². The van der Waals surface area contributed by atoms with Crippen LogP contribution in [0.2, 0.25) is 5.02 Å². The quantitative estimate of drug-likeness (QED) is 0.140. The summed E-state index contributed by atoms with van der Waals surface area (Å²) in [4.78, 5) is 16.9. The average molecular weight is 560 g/mol. The number of methoxy groups -OCH3 is 1. The van der Waals surface area contributed by atoms with Crippen molar-refractivity contribution < 1.29 is 31.5 Å². The molecule has 0 aliphatic heterocycles. The van der Waals surface area contributed by atoms with E-state index in [9.17, 15) is 22.4 Å². The number of carbonyl (C=O) groups excluding carboxylic acids is 1. The van der Waals surface area contributed by atoms with Gasteiger partial charge in [0, 0.05) is 21.7 Å². The number of nitrogens with zero attached hydrogens (tertiary/aromatic N) is 1. The van der Waals surface area contributed by atoms with Crippen LogP contribution in [0.3, 0.4) is 0 Å². The summed E-state index contributed by atoms with van der Waals surface area (Å²) in [6.45, 7) is 0. The first-order valence-electron chi connectivity index (χ1n) is 10.8. The highest BCUT2D eigenvalue weighted by atomic mass is 35.5. The molecule has 0 bridgehead atoms. The third-order valence-corrected chi connectivity index (χ3v) is 6.16. The Labute approximate surface area is 222 Å². The summed E-state index contributed by atoms with van der Waals surface area (Å²) in [5.74, 6) is -10.00. The van der Waals surface area contributed by atoms with Gasteiger partial charge in [-0.05, 0) is 47.9 Å². The van der Waals surface area contributed by atoms with Crippen LogP contribution in [0.15, 0.2) is 59.0 Å². The second kappa shape index (κ2) is 9.92. The number of ether oxygens (including phenoxy) is 1. The van der Waals surface area contributed by atoms with Crippen molar-refractivity contribution in [2.24, 2.45) is 0 Å². The standard InChI is InChI=1S/C26H14ClF4N3O3S/c1-36-23-21(30)19(28)18(20(29)22(23)31)24(35)34-26(38)32-11-8-9-17-16(10-11)33-25(37-17)14-6-2-5-13-12(14)4-3-7-15(13)27/h2-10H,1H3,(H2,32,34,35,38). The average Bonchev–Trinajstić information content (AvgIpc) is 3.31. The van der Waals surface area contributed by atoms with Crippen LogP contribution >= 0.6 is 23.8 Å². The number of amides is 1. The van der Waals surface area contributed by atoms with Crippen molar-refractivity contribution in [2.75, 3.05) is 12.4 Å². The molecular formula is C26H14ClF4N3O3S. The maximum atomic E-state index is 14.2. The maximum Gasteiger partial charge on any atom is 0.263 e. The monoisotopic (exact) mass is 559 g/mol. The molecule has 4 aromatic carbocycles. The topological polar surface area (TPSA) is 76.4 Å². The number of hydrogen-bond donors (Lipinski definition) is 2. The predicted molar refractivity (Wildman–Crippen MR) is 138 cm³/mol. The lowest BCUT2D eigenvalue weighted by atomic mass is 10.0. The van der Waals surface area contributed by atoms with Crippen molar-refractivity contribution in [3.8, 4) is 17.2 Å². The highest BCUT2D eigenvalue weighted by Crippen LogP contribution is 2.34. The Hall–Kier alpha value is -4.22. The van der Waals surface area contributed by atoms with Gasteiger partial charge in [-0.1, -0.05) is 35.9 Å². The van der Waals surface area contributed by atoms with Gasteiger partial charge in [-0.3, -0.25) is 10.1 Å². The molecule has 2 N–H and O–H groups in total. The Morgan fingerprint density at radius 3 is 2.37 bits per heavy atom. The minimum atomic E-state index is -1.92. The molecule has 12 heteroatoms. The van der Waals surface area contributed by atoms with Gasteiger partial charge in [-0.2, -0.15) is 8.78 Å². The van der Waals surface area contributed by atoms with Gasteiger partial charge < -0.3 is 14.5 Å². The molecule has 0 atom stereocenters. The number of hydrogen-bond acceptors (Lipinski definition) is 5. The second-order valence-electron chi connectivity index (χ2n) is 7.91. The van der Waals surface area contributed by atoms with Crippen molar-refractivity contribution in [3.05, 3.63) is 88.5 Å². The van der Waals surface area contributed by atoms with E-state index >= 15 is 0 Å². The summed E-state index contributed by atoms with van der Waals surface area (Å²) < 4.78 is 66.6. The van der Waals surface area contributed by atoms with Crippen molar-refractivity contribution >= 4 is 62.4 Å². The number of halogens is 5. The summed E-state index contributed by atoms with van der Waals surface area (Å²) in [5.41, 5.74) is 0.470. The molecule has 5 aromatic rings. The molecule has 0 fully saturated rings. The van der Waals surface area contributed by atoms with Crippen molar-refractivity contribution in [3.63, 3.8) is 0 Å². The van der Waals surface area contributed by atoms with E-state index in [0.717, 1.165) is 23.4 Å². The van der Waals surface area contributed by atoms with E-state index in [1.54, 1.807) is 24.3 Å². The van der Waals surface area contributed by atoms with Crippen LogP contribution in [0.25, 0.3) is 33.3 Å². The molecule has 0 unspecified atom stereocenters. The molecule has 1 aromatic heterocycles. The van der Waals surface area contributed by atoms with E-state index in [0.29, 0.717) is 27.7 Å². The van der Waals surface area contributed by atoms with Gasteiger partial charge in [-0.25, -0.2) is 13.8 Å². The van der Waals surface area contributed by atoms with Gasteiger partial charge in [-0.15, -0.1) is 0 Å². The van der Waals surface area contributed by atoms with Crippen LogP contribution in [0.4, 0.5) is 23.2 Å². The molecule has 192 valence electrons. The highest BCUT2D eigenvalue weighted by Gasteiger charge is 2.30. The normalized spacial score (nSPS) is 11.1. The Kier molecular flexibility index (Phi) is 6.64. The van der Waals surface area contributed by atoms with Crippen LogP contribution in [-0.4, -0.2) is 23.1 Å². The Morgan fingerprint density at radius 2 is 1.66 bits per heavy atom. The maximum absolute atomic E-state index is 14.2. The third kappa shape index (κ3) is 4.39. The lowest BCUT2D eigenvalue weighted by Crippen LogP contribution is -2.35. The fourth-order valence-electron chi connectivity index (χ4n) is 3.90. The van der Waals surface area contributed by atoms with Gasteiger partial charge >= 0.3 is 0 Å². The fraction of sp³-hybridized carbons (Fsp3) is 0.0385. The van der Waals surface area contributed by atoms with Gasteiger partial charge in [0.25, 0.3) is 5.91 Å². The summed E-state index contributed by atoms with van der Waals surface area (Å²) in [6.07, 6.45) is 0. The number of nitrogens with one attached hydrogen (secondary N) is 2. The van der Waals surface area contributed by atoms with Gasteiger partial charge in [0.05, 0.1) is 7.11 Å². The smallest absolute Gasteiger partial charge is 0.263 e. The van der Waals surface area contributed by atoms with Crippen LogP contribution in [0, 0.1) is 23.3 Å². The van der Waals surface area contributed by atoms with Gasteiger partial charge in [0.1, 0.15) is 11.1 Å². The summed E-state index contributed by atoms with van der Waals surface area (Å²) >= 11 is 11.3. The van der Waals surface area contributed by atoms with Crippen LogP contribution < -0.4 is 15.4 Å². The van der Waals surface area contributed by atoms with Crippen LogP contribution in [0.1, 0.15) is 10.4 Å². The van der Waals surface area contributed by atoms with E-state index in [1.807, 2.05) is 35.6 Å². The zero-order chi connectivity index (χ0) is 27.1. The van der Waals surface area contributed by atoms with E-state index in [1.165, 1.54) is 0 Å². The molecule has 5 rings (SSSR count). The first kappa shape index (κ1) is 25.4. The molecule has 38 heavy (non-hydrogen) atoms. The number of fused-ring (bicyclic) bond motifs is 2. The second-order valence-corrected chi connectivity index (χ2v) is 8.73. The predicted octanol–water partition coefficient (Wildman–Crippen LogP) is 6.99. The SMILES string of the molecule is COc1c(F)c(F)c(C(=O)NC(=S)Nc2ccc3oc(-c4cccc5c(Cl)cccc45)nc3c2)c(F)c1F. The lowest BCUT2D eigenvalue weighted by molar-refractivity contribution is 0.0966. The molecule has 6 nitrogen and oxygen atoms in total. The first-order valence-corrected chi connectivity index (χ1v) is 11.6. The summed E-state index contributed by atoms with van der Waals surface area (Å²) in [6, 6.07) is 15.8. The number of benzene rings is 4. The lowest BCUT2D eigenvalue weighted by Gasteiger charge is -2.12. The molecule has 0 saturated carbocycles. The molecule has 0 spiro atoms. The third-order valence-electron chi connectivity index (χ3n) is 5.63. The highest BCUT2D eigenvalue weighted by molar-refractivity contribution is 7.80. The molecule has 0 aliphatic carbocycles. The number of rotatable bonds is 4. The summed E-state index contributed by atoms with van der Waals surface area (Å²) in [7, 11) is 0.825. The molecule has 0 saturated heterocycles. The van der Waals surface area contributed by atoms with E-state index in [-0.39, 0.29) is 0 Å². The van der Waals surface area contributed by atoms with Gasteiger partial charge in [0.15, 0.2) is 28.1 Å². The number of carbonyl (C=O) groups is 1.